The number of hydrogen-bond donors (Lipinski definition) is 0. The molecule has 0 saturated carbocycles. The second-order valence-electron chi connectivity index (χ2n) is 8.18. The zero-order valence-electron chi connectivity index (χ0n) is 16.2. The predicted molar refractivity (Wildman–Crippen MR) is 113 cm³/mol. The van der Waals surface area contributed by atoms with Crippen molar-refractivity contribution in [1.29, 1.82) is 0 Å². The zero-order chi connectivity index (χ0) is 18.9. The number of halogens is 1. The van der Waals surface area contributed by atoms with Gasteiger partial charge < -0.3 is 9.30 Å². The smallest absolute Gasteiger partial charge is 0.139 e. The number of ether oxygens (including phenoxy) is 1. The van der Waals surface area contributed by atoms with Gasteiger partial charge >= 0.3 is 0 Å². The van der Waals surface area contributed by atoms with Gasteiger partial charge in [0.05, 0.1) is 17.9 Å². The molecule has 0 aliphatic carbocycles. The summed E-state index contributed by atoms with van der Waals surface area (Å²) in [5.74, 6) is 0. The molecule has 0 saturated heterocycles. The maximum absolute atomic E-state index is 5.81. The molecule has 0 aromatic carbocycles. The van der Waals surface area contributed by atoms with Crippen LogP contribution in [0.1, 0.15) is 19.9 Å². The summed E-state index contributed by atoms with van der Waals surface area (Å²) in [6.45, 7) is 12.7. The van der Waals surface area contributed by atoms with Crippen LogP contribution in [0.3, 0.4) is 0 Å². The average molecular weight is 435 g/mol. The first-order valence-corrected chi connectivity index (χ1v) is 13.5. The summed E-state index contributed by atoms with van der Waals surface area (Å²) in [4.78, 5) is 4.39. The number of hydrogen-bond acceptors (Lipinski definition) is 3. The molecule has 3 aromatic rings. The molecule has 5 nitrogen and oxygen atoms in total. The molecule has 3 aromatic heterocycles. The van der Waals surface area contributed by atoms with E-state index in [1.54, 1.807) is 0 Å². The maximum Gasteiger partial charge on any atom is 0.139 e. The average Bonchev–Trinajstić information content (AvgIpc) is 3.14. The van der Waals surface area contributed by atoms with Crippen LogP contribution in [0.5, 0.6) is 0 Å². The van der Waals surface area contributed by atoms with Gasteiger partial charge in [0.2, 0.25) is 0 Å². The Labute approximate surface area is 164 Å². The number of fused-ring (bicyclic) bond motifs is 1. The Morgan fingerprint density at radius 1 is 1.19 bits per heavy atom. The first kappa shape index (κ1) is 19.3. The van der Waals surface area contributed by atoms with Gasteiger partial charge in [-0.2, -0.15) is 5.10 Å². The molecule has 0 spiro atoms. The first-order chi connectivity index (χ1) is 12.2. The molecule has 0 radical (unpaired) electrons. The Balaban J connectivity index is 1.82. The van der Waals surface area contributed by atoms with E-state index in [1.165, 1.54) is 17.0 Å². The first-order valence-electron chi connectivity index (χ1n) is 9.01. The van der Waals surface area contributed by atoms with E-state index in [0.29, 0.717) is 12.8 Å². The topological polar surface area (TPSA) is 44.9 Å². The van der Waals surface area contributed by atoms with E-state index in [4.69, 9.17) is 4.74 Å². The van der Waals surface area contributed by atoms with Gasteiger partial charge in [-0.1, -0.05) is 19.6 Å². The van der Waals surface area contributed by atoms with Crippen molar-refractivity contribution in [3.8, 4) is 11.1 Å². The lowest BCUT2D eigenvalue weighted by Gasteiger charge is -2.15. The third-order valence-electron chi connectivity index (χ3n) is 4.41. The quantitative estimate of drug-likeness (QED) is 0.277. The minimum Gasteiger partial charge on any atom is -0.360 e. The largest absolute Gasteiger partial charge is 0.360 e. The van der Waals surface area contributed by atoms with E-state index in [9.17, 15) is 0 Å². The molecular weight excluding hydrogens is 408 g/mol. The van der Waals surface area contributed by atoms with Crippen molar-refractivity contribution in [3.63, 3.8) is 0 Å². The Bertz CT molecular complexity index is 895. The van der Waals surface area contributed by atoms with E-state index in [-0.39, 0.29) is 0 Å². The molecule has 3 heterocycles. The van der Waals surface area contributed by atoms with Crippen molar-refractivity contribution in [2.45, 2.75) is 52.3 Å². The lowest BCUT2D eigenvalue weighted by Crippen LogP contribution is -2.22. The minimum atomic E-state index is -1.05. The summed E-state index contributed by atoms with van der Waals surface area (Å²) in [6, 6.07) is 3.62. The van der Waals surface area contributed by atoms with Crippen LogP contribution in [0, 0.1) is 0 Å². The van der Waals surface area contributed by atoms with Crippen molar-refractivity contribution in [3.05, 3.63) is 35.5 Å². The summed E-state index contributed by atoms with van der Waals surface area (Å²) in [5.41, 5.74) is 3.41. The van der Waals surface area contributed by atoms with Gasteiger partial charge in [-0.3, -0.25) is 0 Å². The fraction of sp³-hybridized carbons (Fsp3) is 0.474. The van der Waals surface area contributed by atoms with Gasteiger partial charge in [-0.15, -0.1) is 0 Å². The lowest BCUT2D eigenvalue weighted by molar-refractivity contribution is 0.0786. The molecule has 0 N–H and O–H groups in total. The second-order valence-corrected chi connectivity index (χ2v) is 14.6. The van der Waals surface area contributed by atoms with Crippen LogP contribution in [-0.2, 0) is 11.5 Å². The highest BCUT2D eigenvalue weighted by atomic mass is 79.9. The number of aromatic nitrogens is 4. The van der Waals surface area contributed by atoms with Crippen molar-refractivity contribution < 1.29 is 4.74 Å². The summed E-state index contributed by atoms with van der Waals surface area (Å²) >= 11 is 3.49. The van der Waals surface area contributed by atoms with Crippen molar-refractivity contribution in [1.82, 2.24) is 19.3 Å². The molecule has 0 amide bonds. The second kappa shape index (κ2) is 7.66. The number of rotatable bonds is 7. The summed E-state index contributed by atoms with van der Waals surface area (Å²) in [6.07, 6.45) is 8.08. The highest BCUT2D eigenvalue weighted by Crippen LogP contribution is 2.33. The SMILES string of the molecule is CC(C)n1cc(-c2cnn(COCC[Si](C)(C)C)c2)c2cc(Br)ncc21. The molecule has 0 atom stereocenters. The Hall–Kier alpha value is -1.44. The van der Waals surface area contributed by atoms with Gasteiger partial charge in [0.1, 0.15) is 11.3 Å². The molecule has 0 aliphatic rings. The molecule has 0 unspecified atom stereocenters. The van der Waals surface area contributed by atoms with Crippen LogP contribution in [0.15, 0.2) is 35.5 Å². The van der Waals surface area contributed by atoms with E-state index in [1.807, 2.05) is 17.1 Å². The monoisotopic (exact) mass is 434 g/mol. The van der Waals surface area contributed by atoms with E-state index in [2.05, 4.69) is 82.5 Å². The van der Waals surface area contributed by atoms with Gasteiger partial charge in [0.25, 0.3) is 0 Å². The van der Waals surface area contributed by atoms with E-state index in [0.717, 1.165) is 22.3 Å². The number of pyridine rings is 1. The Kier molecular flexibility index (Phi) is 5.69. The third-order valence-corrected chi connectivity index (χ3v) is 6.54. The third kappa shape index (κ3) is 4.45. The van der Waals surface area contributed by atoms with E-state index < -0.39 is 8.07 Å². The van der Waals surface area contributed by atoms with Crippen molar-refractivity contribution in [2.24, 2.45) is 0 Å². The van der Waals surface area contributed by atoms with Crippen LogP contribution >= 0.6 is 15.9 Å². The summed E-state index contributed by atoms with van der Waals surface area (Å²) in [7, 11) is -1.05. The predicted octanol–water partition coefficient (Wildman–Crippen LogP) is 5.56. The highest BCUT2D eigenvalue weighted by Gasteiger charge is 2.15. The van der Waals surface area contributed by atoms with Crippen LogP contribution in [0.4, 0.5) is 0 Å². The molecule has 7 heteroatoms. The normalized spacial score (nSPS) is 12.4. The van der Waals surface area contributed by atoms with Gasteiger partial charge in [-0.05, 0) is 41.9 Å². The van der Waals surface area contributed by atoms with Crippen LogP contribution in [-0.4, -0.2) is 34.0 Å². The molecule has 0 bridgehead atoms. The van der Waals surface area contributed by atoms with Gasteiger partial charge in [-0.25, -0.2) is 9.67 Å². The van der Waals surface area contributed by atoms with Crippen molar-refractivity contribution >= 4 is 34.9 Å². The molecule has 0 aliphatic heterocycles. The molecule has 0 fully saturated rings. The van der Waals surface area contributed by atoms with Crippen LogP contribution in [0.2, 0.25) is 25.7 Å². The summed E-state index contributed by atoms with van der Waals surface area (Å²) < 4.78 is 10.8. The van der Waals surface area contributed by atoms with Gasteiger partial charge in [0, 0.05) is 49.6 Å². The minimum absolute atomic E-state index is 0.370. The van der Waals surface area contributed by atoms with Crippen LogP contribution < -0.4 is 0 Å². The summed E-state index contributed by atoms with van der Waals surface area (Å²) in [5, 5.41) is 5.66. The lowest BCUT2D eigenvalue weighted by atomic mass is 10.1. The zero-order valence-corrected chi connectivity index (χ0v) is 18.7. The Morgan fingerprint density at radius 2 is 1.96 bits per heavy atom. The Morgan fingerprint density at radius 3 is 2.65 bits per heavy atom. The maximum atomic E-state index is 5.81. The fourth-order valence-electron chi connectivity index (χ4n) is 2.89. The standard InChI is InChI=1S/C19H27BrN4OSi/c1-14(2)24-12-17(16-8-19(20)21-10-18(16)24)15-9-22-23(11-15)13-25-6-7-26(3,4)5/h8-12,14H,6-7,13H2,1-5H3. The molecule has 140 valence electrons. The fourth-order valence-corrected chi connectivity index (χ4v) is 3.98. The molecular formula is C19H27BrN4OSi. The van der Waals surface area contributed by atoms with Crippen molar-refractivity contribution in [2.75, 3.05) is 6.61 Å². The van der Waals surface area contributed by atoms with Crippen LogP contribution in [0.25, 0.3) is 22.0 Å². The molecule has 26 heavy (non-hydrogen) atoms. The van der Waals surface area contributed by atoms with E-state index >= 15 is 0 Å². The number of nitrogens with zero attached hydrogens (tertiary/aromatic N) is 4. The molecule has 3 rings (SSSR count). The van der Waals surface area contributed by atoms with Gasteiger partial charge in [0.15, 0.2) is 0 Å². The highest BCUT2D eigenvalue weighted by molar-refractivity contribution is 9.10.